The number of alkyl halides is 3. The van der Waals surface area contributed by atoms with Crippen molar-refractivity contribution in [3.05, 3.63) is 82.6 Å². The van der Waals surface area contributed by atoms with Crippen LogP contribution in [0.5, 0.6) is 0 Å². The van der Waals surface area contributed by atoms with Crippen molar-refractivity contribution in [1.29, 1.82) is 0 Å². The molecule has 1 heterocycles. The summed E-state index contributed by atoms with van der Waals surface area (Å²) in [5.74, 6) is -0.532. The number of benzene rings is 2. The Morgan fingerprint density at radius 2 is 1.59 bits per heavy atom. The first-order chi connectivity index (χ1) is 12.8. The van der Waals surface area contributed by atoms with E-state index < -0.39 is 17.6 Å². The lowest BCUT2D eigenvalue weighted by Gasteiger charge is -2.16. The summed E-state index contributed by atoms with van der Waals surface area (Å²) in [6.45, 7) is 0. The maximum atomic E-state index is 13.1. The van der Waals surface area contributed by atoms with Gasteiger partial charge < -0.3 is 10.6 Å². The summed E-state index contributed by atoms with van der Waals surface area (Å²) in [5, 5.41) is 5.55. The number of pyridine rings is 1. The van der Waals surface area contributed by atoms with Crippen LogP contribution >= 0.6 is 15.9 Å². The fourth-order valence-electron chi connectivity index (χ4n) is 2.32. The molecule has 0 fully saturated rings. The van der Waals surface area contributed by atoms with E-state index in [1.165, 1.54) is 30.6 Å². The molecule has 0 aliphatic rings. The molecule has 2 aromatic carbocycles. The third kappa shape index (κ3) is 4.85. The minimum atomic E-state index is -4.52. The number of nitrogens with one attached hydrogen (secondary N) is 2. The molecule has 3 rings (SSSR count). The van der Waals surface area contributed by atoms with Crippen LogP contribution in [0.1, 0.15) is 15.9 Å². The van der Waals surface area contributed by atoms with Gasteiger partial charge in [-0.25, -0.2) is 0 Å². The number of rotatable bonds is 4. The van der Waals surface area contributed by atoms with Gasteiger partial charge in [-0.1, -0.05) is 15.9 Å². The molecule has 0 radical (unpaired) electrons. The van der Waals surface area contributed by atoms with Gasteiger partial charge in [0.05, 0.1) is 16.9 Å². The van der Waals surface area contributed by atoms with Crippen molar-refractivity contribution in [2.45, 2.75) is 6.18 Å². The second-order valence-corrected chi connectivity index (χ2v) is 6.50. The summed E-state index contributed by atoms with van der Waals surface area (Å²) < 4.78 is 40.1. The number of nitrogens with zero attached hydrogens (tertiary/aromatic N) is 1. The van der Waals surface area contributed by atoms with Gasteiger partial charge >= 0.3 is 6.18 Å². The molecular formula is C19H13BrF3N3O. The molecule has 1 amide bonds. The zero-order valence-corrected chi connectivity index (χ0v) is 15.3. The Morgan fingerprint density at radius 3 is 2.22 bits per heavy atom. The molecule has 138 valence electrons. The van der Waals surface area contributed by atoms with Crippen LogP contribution in [0.25, 0.3) is 0 Å². The van der Waals surface area contributed by atoms with Gasteiger partial charge in [-0.05, 0) is 54.6 Å². The van der Waals surface area contributed by atoms with Gasteiger partial charge in [0.1, 0.15) is 0 Å². The molecule has 8 heteroatoms. The largest absolute Gasteiger partial charge is 0.416 e. The summed E-state index contributed by atoms with van der Waals surface area (Å²) in [6, 6.07) is 13.2. The highest BCUT2D eigenvalue weighted by molar-refractivity contribution is 9.10. The predicted molar refractivity (Wildman–Crippen MR) is 101 cm³/mol. The van der Waals surface area contributed by atoms with Crippen LogP contribution in [0.15, 0.2) is 71.5 Å². The Balaban J connectivity index is 1.94. The van der Waals surface area contributed by atoms with E-state index in [1.807, 2.05) is 0 Å². The Kier molecular flexibility index (Phi) is 5.46. The van der Waals surface area contributed by atoms with Gasteiger partial charge in [0, 0.05) is 28.1 Å². The number of carbonyl (C=O) groups is 1. The fourth-order valence-corrected chi connectivity index (χ4v) is 2.58. The highest BCUT2D eigenvalue weighted by Gasteiger charge is 2.31. The van der Waals surface area contributed by atoms with Crippen LogP contribution in [-0.4, -0.2) is 10.9 Å². The number of anilines is 3. The van der Waals surface area contributed by atoms with E-state index in [9.17, 15) is 18.0 Å². The van der Waals surface area contributed by atoms with Gasteiger partial charge in [0.25, 0.3) is 5.91 Å². The van der Waals surface area contributed by atoms with Crippen molar-refractivity contribution < 1.29 is 18.0 Å². The van der Waals surface area contributed by atoms with E-state index in [-0.39, 0.29) is 11.3 Å². The van der Waals surface area contributed by atoms with Crippen LogP contribution in [0, 0.1) is 0 Å². The monoisotopic (exact) mass is 435 g/mol. The summed E-state index contributed by atoms with van der Waals surface area (Å²) in [5.41, 5.74) is 0.463. The zero-order chi connectivity index (χ0) is 19.4. The fraction of sp³-hybridized carbons (Fsp3) is 0.0526. The Hall–Kier alpha value is -2.87. The minimum absolute atomic E-state index is 0.0227. The molecule has 0 aliphatic carbocycles. The number of amides is 1. The van der Waals surface area contributed by atoms with Crippen molar-refractivity contribution in [3.8, 4) is 0 Å². The third-order valence-electron chi connectivity index (χ3n) is 3.66. The SMILES string of the molecule is O=C(Nc1cc(C(F)(F)F)ccc1Nc1ccc(Br)cc1)c1ccncc1. The Bertz CT molecular complexity index is 945. The lowest BCUT2D eigenvalue weighted by Crippen LogP contribution is -2.14. The van der Waals surface area contributed by atoms with Crippen LogP contribution in [0.3, 0.4) is 0 Å². The Labute approximate surface area is 161 Å². The molecule has 0 saturated heterocycles. The first-order valence-electron chi connectivity index (χ1n) is 7.78. The first-order valence-corrected chi connectivity index (χ1v) is 8.57. The highest BCUT2D eigenvalue weighted by Crippen LogP contribution is 2.35. The number of hydrogen-bond donors (Lipinski definition) is 2. The van der Waals surface area contributed by atoms with Gasteiger partial charge in [0.15, 0.2) is 0 Å². The molecule has 27 heavy (non-hydrogen) atoms. The lowest BCUT2D eigenvalue weighted by atomic mass is 10.1. The number of halogens is 4. The third-order valence-corrected chi connectivity index (χ3v) is 4.19. The number of hydrogen-bond acceptors (Lipinski definition) is 3. The van der Waals surface area contributed by atoms with E-state index in [0.29, 0.717) is 11.4 Å². The molecule has 0 aliphatic heterocycles. The van der Waals surface area contributed by atoms with E-state index in [1.54, 1.807) is 24.3 Å². The van der Waals surface area contributed by atoms with Gasteiger partial charge in [-0.15, -0.1) is 0 Å². The van der Waals surface area contributed by atoms with Gasteiger partial charge in [-0.3, -0.25) is 9.78 Å². The van der Waals surface area contributed by atoms with E-state index >= 15 is 0 Å². The number of carbonyl (C=O) groups excluding carboxylic acids is 1. The normalized spacial score (nSPS) is 11.1. The summed E-state index contributed by atoms with van der Waals surface area (Å²) >= 11 is 3.32. The summed E-state index contributed by atoms with van der Waals surface area (Å²) in [7, 11) is 0. The zero-order valence-electron chi connectivity index (χ0n) is 13.7. The predicted octanol–water partition coefficient (Wildman–Crippen LogP) is 5.86. The second kappa shape index (κ2) is 7.79. The Morgan fingerprint density at radius 1 is 0.926 bits per heavy atom. The molecule has 0 saturated carbocycles. The molecule has 0 spiro atoms. The van der Waals surface area contributed by atoms with Crippen molar-refractivity contribution in [2.24, 2.45) is 0 Å². The van der Waals surface area contributed by atoms with Crippen LogP contribution in [0.4, 0.5) is 30.2 Å². The average Bonchev–Trinajstić information content (AvgIpc) is 2.64. The smallest absolute Gasteiger partial charge is 0.354 e. The van der Waals surface area contributed by atoms with Crippen LogP contribution in [0.2, 0.25) is 0 Å². The van der Waals surface area contributed by atoms with Crippen LogP contribution < -0.4 is 10.6 Å². The van der Waals surface area contributed by atoms with Gasteiger partial charge in [-0.2, -0.15) is 13.2 Å². The lowest BCUT2D eigenvalue weighted by molar-refractivity contribution is -0.137. The second-order valence-electron chi connectivity index (χ2n) is 5.58. The first kappa shape index (κ1) is 18.9. The molecule has 2 N–H and O–H groups in total. The number of aromatic nitrogens is 1. The maximum Gasteiger partial charge on any atom is 0.416 e. The van der Waals surface area contributed by atoms with Gasteiger partial charge in [0.2, 0.25) is 0 Å². The van der Waals surface area contributed by atoms with Crippen molar-refractivity contribution in [2.75, 3.05) is 10.6 Å². The molecule has 3 aromatic rings. The quantitative estimate of drug-likeness (QED) is 0.539. The maximum absolute atomic E-state index is 13.1. The van der Waals surface area contributed by atoms with Crippen molar-refractivity contribution >= 4 is 38.9 Å². The summed E-state index contributed by atoms with van der Waals surface area (Å²) in [6.07, 6.45) is -1.66. The van der Waals surface area contributed by atoms with E-state index in [0.717, 1.165) is 16.6 Å². The molecule has 1 aromatic heterocycles. The van der Waals surface area contributed by atoms with E-state index in [4.69, 9.17) is 0 Å². The highest BCUT2D eigenvalue weighted by atomic mass is 79.9. The molecular weight excluding hydrogens is 423 g/mol. The van der Waals surface area contributed by atoms with Crippen LogP contribution in [-0.2, 0) is 6.18 Å². The van der Waals surface area contributed by atoms with E-state index in [2.05, 4.69) is 31.5 Å². The average molecular weight is 436 g/mol. The summed E-state index contributed by atoms with van der Waals surface area (Å²) in [4.78, 5) is 16.2. The minimum Gasteiger partial charge on any atom is -0.354 e. The topological polar surface area (TPSA) is 54.0 Å². The molecule has 0 unspecified atom stereocenters. The molecule has 0 bridgehead atoms. The molecule has 0 atom stereocenters. The molecule has 4 nitrogen and oxygen atoms in total. The standard InChI is InChI=1S/C19H13BrF3N3O/c20-14-2-4-15(5-3-14)25-16-6-1-13(19(21,22)23)11-17(16)26-18(27)12-7-9-24-10-8-12/h1-11,25H,(H,26,27). The van der Waals surface area contributed by atoms with Crippen molar-refractivity contribution in [3.63, 3.8) is 0 Å². The van der Waals surface area contributed by atoms with Crippen molar-refractivity contribution in [1.82, 2.24) is 4.98 Å².